The van der Waals surface area contributed by atoms with Gasteiger partial charge in [0, 0.05) is 20.2 Å². The first kappa shape index (κ1) is 16.3. The topological polar surface area (TPSA) is 94.4 Å². The van der Waals surface area contributed by atoms with E-state index < -0.39 is 15.9 Å². The highest BCUT2D eigenvalue weighted by Gasteiger charge is 2.22. The van der Waals surface area contributed by atoms with Crippen LogP contribution in [-0.4, -0.2) is 66.7 Å². The molecule has 1 aromatic rings. The van der Waals surface area contributed by atoms with Gasteiger partial charge in [-0.1, -0.05) is 6.08 Å². The molecule has 1 aromatic heterocycles. The molecule has 0 aliphatic heterocycles. The molecule has 1 amide bonds. The Balaban J connectivity index is 2.91. The fraction of sp³-hybridized carbons (Fsp3) is 0.545. The van der Waals surface area contributed by atoms with Crippen LogP contribution in [0.2, 0.25) is 0 Å². The monoisotopic (exact) mass is 302 g/mol. The molecule has 1 heterocycles. The van der Waals surface area contributed by atoms with Crippen LogP contribution in [0.3, 0.4) is 0 Å². The van der Waals surface area contributed by atoms with E-state index in [0.717, 1.165) is 11.0 Å². The number of likely N-dealkylation sites (N-methyl/N-ethyl adjacent to an activating group) is 1. The van der Waals surface area contributed by atoms with Gasteiger partial charge in [-0.05, 0) is 6.92 Å². The van der Waals surface area contributed by atoms with Crippen LogP contribution in [-0.2, 0) is 14.6 Å². The Kier molecular flexibility index (Phi) is 5.83. The van der Waals surface area contributed by atoms with Crippen molar-refractivity contribution in [2.45, 2.75) is 12.1 Å². The maximum absolute atomic E-state index is 12.0. The number of rotatable bonds is 7. The van der Waals surface area contributed by atoms with Gasteiger partial charge < -0.3 is 9.64 Å². The molecule has 20 heavy (non-hydrogen) atoms. The molecule has 112 valence electrons. The molecule has 0 unspecified atom stereocenters. The van der Waals surface area contributed by atoms with E-state index >= 15 is 0 Å². The first-order chi connectivity index (χ1) is 9.46. The highest BCUT2D eigenvalue weighted by Crippen LogP contribution is 2.05. The Bertz CT molecular complexity index is 567. The average molecular weight is 302 g/mol. The lowest BCUT2D eigenvalue weighted by atomic mass is 10.5. The molecule has 0 radical (unpaired) electrons. The van der Waals surface area contributed by atoms with Crippen LogP contribution in [0.25, 0.3) is 0 Å². The first-order valence-electron chi connectivity index (χ1n) is 5.99. The summed E-state index contributed by atoms with van der Waals surface area (Å²) < 4.78 is 29.3. The van der Waals surface area contributed by atoms with Gasteiger partial charge in [-0.3, -0.25) is 0 Å². The molecule has 0 bridgehead atoms. The summed E-state index contributed by atoms with van der Waals surface area (Å²) in [5.74, 6) is -0.230. The summed E-state index contributed by atoms with van der Waals surface area (Å²) in [4.78, 5) is 17.2. The zero-order valence-corrected chi connectivity index (χ0v) is 12.3. The minimum absolute atomic E-state index is 0.0440. The van der Waals surface area contributed by atoms with Crippen LogP contribution in [0.15, 0.2) is 24.1 Å². The molecular weight excluding hydrogens is 284 g/mol. The van der Waals surface area contributed by atoms with Gasteiger partial charge in [0.05, 0.1) is 12.4 Å². The molecule has 0 aromatic carbocycles. The quantitative estimate of drug-likeness (QED) is 0.667. The fourth-order valence-corrected chi connectivity index (χ4v) is 2.40. The fourth-order valence-electron chi connectivity index (χ4n) is 1.41. The number of nitrogens with zero attached hydrogens (tertiary/aromatic N) is 4. The molecule has 0 saturated carbocycles. The van der Waals surface area contributed by atoms with Crippen molar-refractivity contribution in [2.75, 3.05) is 32.6 Å². The lowest BCUT2D eigenvalue weighted by Gasteiger charge is -2.17. The van der Waals surface area contributed by atoms with Crippen LogP contribution in [0.1, 0.15) is 6.92 Å². The van der Waals surface area contributed by atoms with Crippen molar-refractivity contribution in [1.82, 2.24) is 19.7 Å². The zero-order chi connectivity index (χ0) is 15.2. The van der Waals surface area contributed by atoms with Gasteiger partial charge in [0.2, 0.25) is 9.84 Å². The van der Waals surface area contributed by atoms with E-state index in [4.69, 9.17) is 4.74 Å². The minimum atomic E-state index is -3.64. The van der Waals surface area contributed by atoms with Crippen molar-refractivity contribution in [1.29, 1.82) is 0 Å². The molecule has 0 aliphatic rings. The van der Waals surface area contributed by atoms with Gasteiger partial charge in [0.25, 0.3) is 5.16 Å². The van der Waals surface area contributed by atoms with Crippen LogP contribution in [0.4, 0.5) is 4.79 Å². The van der Waals surface area contributed by atoms with Gasteiger partial charge in [-0.2, -0.15) is 4.68 Å². The van der Waals surface area contributed by atoms with Gasteiger partial charge in [0.15, 0.2) is 0 Å². The summed E-state index contributed by atoms with van der Waals surface area (Å²) in [7, 11) is -2.24. The van der Waals surface area contributed by atoms with Crippen molar-refractivity contribution < 1.29 is 17.9 Å². The molecule has 1 rings (SSSR count). The lowest BCUT2D eigenvalue weighted by Crippen LogP contribution is -2.35. The number of ether oxygens (including phenoxy) is 1. The van der Waals surface area contributed by atoms with Gasteiger partial charge in [0.1, 0.15) is 6.33 Å². The summed E-state index contributed by atoms with van der Waals surface area (Å²) in [6, 6.07) is -0.451. The Morgan fingerprint density at radius 1 is 1.60 bits per heavy atom. The Hall–Kier alpha value is -1.74. The molecular formula is C11H18N4O4S. The molecule has 0 N–H and O–H groups in total. The van der Waals surface area contributed by atoms with E-state index in [2.05, 4.69) is 16.7 Å². The predicted molar refractivity (Wildman–Crippen MR) is 72.2 cm³/mol. The maximum Gasteiger partial charge on any atom is 0.346 e. The zero-order valence-electron chi connectivity index (χ0n) is 11.5. The average Bonchev–Trinajstić information content (AvgIpc) is 2.92. The summed E-state index contributed by atoms with van der Waals surface area (Å²) in [6.07, 6.45) is 2.67. The number of carbonyl (C=O) groups is 1. The summed E-state index contributed by atoms with van der Waals surface area (Å²) in [5.41, 5.74) is 0. The number of sulfone groups is 1. The van der Waals surface area contributed by atoms with E-state index in [9.17, 15) is 13.2 Å². The molecule has 0 atom stereocenters. The smallest absolute Gasteiger partial charge is 0.346 e. The summed E-state index contributed by atoms with van der Waals surface area (Å²) >= 11 is 0. The molecule has 9 heteroatoms. The van der Waals surface area contributed by atoms with Crippen LogP contribution in [0, 0.1) is 0 Å². The molecule has 0 fully saturated rings. The van der Waals surface area contributed by atoms with Crippen LogP contribution < -0.4 is 0 Å². The molecule has 0 aliphatic carbocycles. The van der Waals surface area contributed by atoms with E-state index in [1.807, 2.05) is 0 Å². The first-order valence-corrected chi connectivity index (χ1v) is 7.65. The van der Waals surface area contributed by atoms with Crippen molar-refractivity contribution in [3.63, 3.8) is 0 Å². The second-order valence-corrected chi connectivity index (χ2v) is 5.90. The largest absolute Gasteiger partial charge is 0.384 e. The van der Waals surface area contributed by atoms with Crippen LogP contribution >= 0.6 is 0 Å². The van der Waals surface area contributed by atoms with E-state index in [1.54, 1.807) is 13.0 Å². The number of amides is 1. The van der Waals surface area contributed by atoms with E-state index in [-0.39, 0.29) is 17.5 Å². The summed E-state index contributed by atoms with van der Waals surface area (Å²) in [6.45, 7) is 6.20. The van der Waals surface area contributed by atoms with Crippen LogP contribution in [0.5, 0.6) is 0 Å². The van der Waals surface area contributed by atoms with Gasteiger partial charge in [-0.15, -0.1) is 11.7 Å². The number of aromatic nitrogens is 3. The third-order valence-electron chi connectivity index (χ3n) is 2.50. The highest BCUT2D eigenvalue weighted by molar-refractivity contribution is 7.91. The highest BCUT2D eigenvalue weighted by atomic mass is 32.2. The number of carbonyl (C=O) groups excluding carboxylic acids is 1. The molecule has 0 saturated heterocycles. The number of hydrogen-bond donors (Lipinski definition) is 0. The predicted octanol–water partition coefficient (Wildman–Crippen LogP) is 0.174. The van der Waals surface area contributed by atoms with Crippen molar-refractivity contribution in [2.24, 2.45) is 0 Å². The third-order valence-corrected chi connectivity index (χ3v) is 3.95. The molecule has 0 spiro atoms. The number of methoxy groups -OCH3 is 1. The van der Waals surface area contributed by atoms with E-state index in [0.29, 0.717) is 13.1 Å². The lowest BCUT2D eigenvalue weighted by molar-refractivity contribution is 0.204. The van der Waals surface area contributed by atoms with Crippen molar-refractivity contribution in [3.8, 4) is 0 Å². The van der Waals surface area contributed by atoms with Gasteiger partial charge in [-0.25, -0.2) is 18.2 Å². The van der Waals surface area contributed by atoms with E-state index in [1.165, 1.54) is 12.0 Å². The normalized spacial score (nSPS) is 11.3. The third kappa shape index (κ3) is 3.87. The van der Waals surface area contributed by atoms with Gasteiger partial charge >= 0.3 is 6.03 Å². The standard InChI is InChI=1S/C11H18N4O4S/c1-4-6-14(5-2)11(16)15-9-12-10(13-15)20(17,18)8-7-19-3/h4,9H,1,5-8H2,2-3H3. The second kappa shape index (κ2) is 7.15. The number of hydrogen-bond acceptors (Lipinski definition) is 6. The van der Waals surface area contributed by atoms with Crippen molar-refractivity contribution in [3.05, 3.63) is 19.0 Å². The molecule has 8 nitrogen and oxygen atoms in total. The SMILES string of the molecule is C=CCN(CC)C(=O)n1cnc(S(=O)(=O)CCOC)n1. The Labute approximate surface area is 118 Å². The van der Waals surface area contributed by atoms with Crippen molar-refractivity contribution >= 4 is 15.9 Å². The Morgan fingerprint density at radius 3 is 2.85 bits per heavy atom. The maximum atomic E-state index is 12.0. The minimum Gasteiger partial charge on any atom is -0.384 e. The Morgan fingerprint density at radius 2 is 2.30 bits per heavy atom. The summed E-state index contributed by atoms with van der Waals surface area (Å²) in [5, 5.41) is 3.35. The second-order valence-electron chi connectivity index (χ2n) is 3.89.